The van der Waals surface area contributed by atoms with Crippen LogP contribution in [0, 0.1) is 5.92 Å². The maximum atomic E-state index is 8.72. The molecule has 1 aromatic rings. The van der Waals surface area contributed by atoms with Gasteiger partial charge in [-0.1, -0.05) is 5.21 Å². The van der Waals surface area contributed by atoms with Gasteiger partial charge in [0.15, 0.2) is 0 Å². The minimum atomic E-state index is 0.106. The highest BCUT2D eigenvalue weighted by Crippen LogP contribution is 2.32. The standard InChI is InChI=1S/C10H18N4O/c1-8(9-2-3-9)11-6-10-7-14(4-5-15)13-12-10/h7-9,11,15H,2-6H2,1H3. The van der Waals surface area contributed by atoms with E-state index in [1.807, 2.05) is 6.20 Å². The maximum Gasteiger partial charge on any atom is 0.0964 e. The summed E-state index contributed by atoms with van der Waals surface area (Å²) in [5, 5.41) is 20.1. The van der Waals surface area contributed by atoms with Crippen LogP contribution in [-0.2, 0) is 13.1 Å². The van der Waals surface area contributed by atoms with Crippen LogP contribution >= 0.6 is 0 Å². The Bertz CT molecular complexity index is 308. The van der Waals surface area contributed by atoms with Crippen molar-refractivity contribution in [3.63, 3.8) is 0 Å². The fourth-order valence-corrected chi connectivity index (χ4v) is 1.66. The minimum Gasteiger partial charge on any atom is -0.394 e. The van der Waals surface area contributed by atoms with Crippen LogP contribution < -0.4 is 5.32 Å². The number of aliphatic hydroxyl groups is 1. The largest absolute Gasteiger partial charge is 0.394 e. The van der Waals surface area contributed by atoms with Crippen molar-refractivity contribution in [1.29, 1.82) is 0 Å². The molecule has 5 nitrogen and oxygen atoms in total. The fourth-order valence-electron chi connectivity index (χ4n) is 1.66. The molecular formula is C10H18N4O. The van der Waals surface area contributed by atoms with E-state index in [9.17, 15) is 0 Å². The molecule has 0 bridgehead atoms. The van der Waals surface area contributed by atoms with Gasteiger partial charge in [-0.3, -0.25) is 0 Å². The third-order valence-corrected chi connectivity index (χ3v) is 2.85. The minimum absolute atomic E-state index is 0.106. The Hall–Kier alpha value is -0.940. The first-order chi connectivity index (χ1) is 7.29. The number of nitrogens with one attached hydrogen (secondary N) is 1. The molecule has 1 fully saturated rings. The van der Waals surface area contributed by atoms with Gasteiger partial charge in [-0.05, 0) is 25.7 Å². The van der Waals surface area contributed by atoms with Gasteiger partial charge in [0, 0.05) is 18.8 Å². The summed E-state index contributed by atoms with van der Waals surface area (Å²) in [6, 6.07) is 0.577. The van der Waals surface area contributed by atoms with Crippen LogP contribution in [0.4, 0.5) is 0 Å². The molecule has 1 aromatic heterocycles. The van der Waals surface area contributed by atoms with E-state index in [2.05, 4.69) is 22.6 Å². The highest BCUT2D eigenvalue weighted by molar-refractivity contribution is 4.93. The molecule has 1 saturated carbocycles. The van der Waals surface area contributed by atoms with Crippen molar-refractivity contribution < 1.29 is 5.11 Å². The number of rotatable bonds is 6. The Morgan fingerprint density at radius 3 is 3.13 bits per heavy atom. The van der Waals surface area contributed by atoms with E-state index >= 15 is 0 Å². The Labute approximate surface area is 89.5 Å². The van der Waals surface area contributed by atoms with Crippen molar-refractivity contribution >= 4 is 0 Å². The van der Waals surface area contributed by atoms with Gasteiger partial charge in [-0.25, -0.2) is 4.68 Å². The van der Waals surface area contributed by atoms with Gasteiger partial charge in [-0.15, -0.1) is 5.10 Å². The summed E-state index contributed by atoms with van der Waals surface area (Å²) in [7, 11) is 0. The van der Waals surface area contributed by atoms with Crippen molar-refractivity contribution in [1.82, 2.24) is 20.3 Å². The predicted molar refractivity (Wildman–Crippen MR) is 56.1 cm³/mol. The van der Waals surface area contributed by atoms with E-state index in [0.717, 1.165) is 18.2 Å². The molecule has 2 rings (SSSR count). The average molecular weight is 210 g/mol. The molecule has 15 heavy (non-hydrogen) atoms. The lowest BCUT2D eigenvalue weighted by molar-refractivity contribution is 0.268. The molecule has 1 unspecified atom stereocenters. The van der Waals surface area contributed by atoms with E-state index in [0.29, 0.717) is 12.6 Å². The van der Waals surface area contributed by atoms with Gasteiger partial charge in [-0.2, -0.15) is 0 Å². The monoisotopic (exact) mass is 210 g/mol. The molecule has 0 spiro atoms. The Balaban J connectivity index is 1.76. The maximum absolute atomic E-state index is 8.72. The summed E-state index contributed by atoms with van der Waals surface area (Å²) < 4.78 is 1.67. The number of aliphatic hydroxyl groups excluding tert-OH is 1. The number of aromatic nitrogens is 3. The topological polar surface area (TPSA) is 63.0 Å². The lowest BCUT2D eigenvalue weighted by atomic mass is 10.2. The molecule has 0 aliphatic heterocycles. The average Bonchev–Trinajstić information content (AvgIpc) is 2.98. The molecule has 0 saturated heterocycles. The van der Waals surface area contributed by atoms with E-state index < -0.39 is 0 Å². The lowest BCUT2D eigenvalue weighted by Gasteiger charge is -2.10. The van der Waals surface area contributed by atoms with Crippen LogP contribution in [0.25, 0.3) is 0 Å². The van der Waals surface area contributed by atoms with Crippen molar-refractivity contribution in [3.8, 4) is 0 Å². The zero-order chi connectivity index (χ0) is 10.7. The second-order valence-corrected chi connectivity index (χ2v) is 4.20. The third-order valence-electron chi connectivity index (χ3n) is 2.85. The summed E-state index contributed by atoms with van der Waals surface area (Å²) in [4.78, 5) is 0. The molecule has 1 atom stereocenters. The smallest absolute Gasteiger partial charge is 0.0964 e. The molecule has 2 N–H and O–H groups in total. The van der Waals surface area contributed by atoms with E-state index in [4.69, 9.17) is 5.11 Å². The first kappa shape index (κ1) is 10.6. The van der Waals surface area contributed by atoms with Crippen LogP contribution in [-0.4, -0.2) is 32.7 Å². The van der Waals surface area contributed by atoms with E-state index in [1.54, 1.807) is 4.68 Å². The number of hydrogen-bond donors (Lipinski definition) is 2. The van der Waals surface area contributed by atoms with Crippen LogP contribution in [0.15, 0.2) is 6.20 Å². The Morgan fingerprint density at radius 2 is 2.47 bits per heavy atom. The van der Waals surface area contributed by atoms with Crippen LogP contribution in [0.2, 0.25) is 0 Å². The quantitative estimate of drug-likeness (QED) is 0.702. The summed E-state index contributed by atoms with van der Waals surface area (Å²) in [5.74, 6) is 0.859. The Kier molecular flexibility index (Phi) is 3.33. The van der Waals surface area contributed by atoms with Gasteiger partial charge in [0.2, 0.25) is 0 Å². The SMILES string of the molecule is CC(NCc1cn(CCO)nn1)C1CC1. The van der Waals surface area contributed by atoms with E-state index in [-0.39, 0.29) is 6.61 Å². The number of hydrogen-bond acceptors (Lipinski definition) is 4. The van der Waals surface area contributed by atoms with Gasteiger partial charge in [0.1, 0.15) is 0 Å². The van der Waals surface area contributed by atoms with Crippen molar-refractivity contribution in [2.24, 2.45) is 5.92 Å². The molecule has 84 valence electrons. The van der Waals surface area contributed by atoms with Crippen LogP contribution in [0.5, 0.6) is 0 Å². The third kappa shape index (κ3) is 3.00. The summed E-state index contributed by atoms with van der Waals surface area (Å²) in [6.07, 6.45) is 4.58. The normalized spacial score (nSPS) is 18.0. The lowest BCUT2D eigenvalue weighted by Crippen LogP contribution is -2.27. The van der Waals surface area contributed by atoms with Crippen molar-refractivity contribution in [2.75, 3.05) is 6.61 Å². The van der Waals surface area contributed by atoms with Crippen LogP contribution in [0.1, 0.15) is 25.5 Å². The molecule has 0 radical (unpaired) electrons. The molecule has 1 aliphatic rings. The van der Waals surface area contributed by atoms with Crippen LogP contribution in [0.3, 0.4) is 0 Å². The van der Waals surface area contributed by atoms with Gasteiger partial charge >= 0.3 is 0 Å². The zero-order valence-electron chi connectivity index (χ0n) is 9.06. The fraction of sp³-hybridized carbons (Fsp3) is 0.800. The van der Waals surface area contributed by atoms with Gasteiger partial charge in [0.05, 0.1) is 18.8 Å². The number of nitrogens with zero attached hydrogens (tertiary/aromatic N) is 3. The highest BCUT2D eigenvalue weighted by atomic mass is 16.3. The summed E-state index contributed by atoms with van der Waals surface area (Å²) in [6.45, 7) is 3.61. The van der Waals surface area contributed by atoms with Crippen molar-refractivity contribution in [3.05, 3.63) is 11.9 Å². The first-order valence-electron chi connectivity index (χ1n) is 5.53. The molecule has 1 aliphatic carbocycles. The van der Waals surface area contributed by atoms with E-state index in [1.165, 1.54) is 12.8 Å². The second kappa shape index (κ2) is 4.72. The summed E-state index contributed by atoms with van der Waals surface area (Å²) >= 11 is 0. The highest BCUT2D eigenvalue weighted by Gasteiger charge is 2.27. The molecule has 5 heteroatoms. The molecule has 1 heterocycles. The van der Waals surface area contributed by atoms with Gasteiger partial charge in [0.25, 0.3) is 0 Å². The second-order valence-electron chi connectivity index (χ2n) is 4.20. The first-order valence-corrected chi connectivity index (χ1v) is 5.53. The predicted octanol–water partition coefficient (Wildman–Crippen LogP) is 0.158. The molecular weight excluding hydrogens is 192 g/mol. The zero-order valence-corrected chi connectivity index (χ0v) is 9.06. The molecule has 0 amide bonds. The Morgan fingerprint density at radius 1 is 1.67 bits per heavy atom. The van der Waals surface area contributed by atoms with Gasteiger partial charge < -0.3 is 10.4 Å². The van der Waals surface area contributed by atoms with Crippen molar-refractivity contribution in [2.45, 2.75) is 38.9 Å². The molecule has 0 aromatic carbocycles. The summed E-state index contributed by atoms with van der Waals surface area (Å²) in [5.41, 5.74) is 0.941.